The van der Waals surface area contributed by atoms with E-state index in [1.165, 1.54) is 0 Å². The number of hydrogen-bond donors (Lipinski definition) is 2. The highest BCUT2D eigenvalue weighted by Gasteiger charge is 2.22. The summed E-state index contributed by atoms with van der Waals surface area (Å²) in [4.78, 5) is 40.7. The number of nitrogens with zero attached hydrogens (tertiary/aromatic N) is 1. The molecule has 0 saturated heterocycles. The minimum absolute atomic E-state index is 0.0457. The van der Waals surface area contributed by atoms with Crippen LogP contribution in [0.15, 0.2) is 42.5 Å². The molecule has 0 fully saturated rings. The minimum atomic E-state index is -0.292. The van der Waals surface area contributed by atoms with Gasteiger partial charge in [0.2, 0.25) is 11.8 Å². The second kappa shape index (κ2) is 13.9. The van der Waals surface area contributed by atoms with Crippen LogP contribution in [0.5, 0.6) is 11.5 Å². The molecule has 1 atom stereocenters. The second-order valence-electron chi connectivity index (χ2n) is 9.65. The second-order valence-corrected chi connectivity index (χ2v) is 10.1. The molecule has 37 heavy (non-hydrogen) atoms. The number of amides is 3. The molecule has 3 rings (SSSR count). The topological polar surface area (TPSA) is 97.0 Å². The van der Waals surface area contributed by atoms with Crippen molar-refractivity contribution in [1.82, 2.24) is 15.5 Å². The van der Waals surface area contributed by atoms with Crippen molar-refractivity contribution in [3.63, 3.8) is 0 Å². The molecule has 1 aliphatic rings. The third-order valence-corrected chi connectivity index (χ3v) is 6.30. The van der Waals surface area contributed by atoms with Crippen molar-refractivity contribution in [3.05, 3.63) is 58.6 Å². The Morgan fingerprint density at radius 2 is 2.00 bits per heavy atom. The Labute approximate surface area is 223 Å². The summed E-state index contributed by atoms with van der Waals surface area (Å²) in [5.41, 5.74) is 1.17. The van der Waals surface area contributed by atoms with Crippen LogP contribution in [-0.4, -0.2) is 62.0 Å². The van der Waals surface area contributed by atoms with E-state index in [0.29, 0.717) is 60.4 Å². The third kappa shape index (κ3) is 8.97. The lowest BCUT2D eigenvalue weighted by atomic mass is 10.0. The summed E-state index contributed by atoms with van der Waals surface area (Å²) in [5.74, 6) is 0.728. The van der Waals surface area contributed by atoms with Gasteiger partial charge in [0.15, 0.2) is 0 Å². The number of fused-ring (bicyclic) bond motifs is 1. The number of carbonyl (C=O) groups is 3. The molecule has 0 spiro atoms. The lowest BCUT2D eigenvalue weighted by Crippen LogP contribution is -2.47. The van der Waals surface area contributed by atoms with E-state index < -0.39 is 0 Å². The number of benzene rings is 2. The molecule has 0 aliphatic carbocycles. The number of halogens is 1. The van der Waals surface area contributed by atoms with E-state index in [-0.39, 0.29) is 43.3 Å². The highest BCUT2D eigenvalue weighted by molar-refractivity contribution is 6.31. The zero-order valence-electron chi connectivity index (χ0n) is 21.7. The molecule has 9 heteroatoms. The van der Waals surface area contributed by atoms with Gasteiger partial charge < -0.3 is 25.0 Å². The van der Waals surface area contributed by atoms with E-state index in [9.17, 15) is 14.4 Å². The molecular weight excluding hydrogens is 494 g/mol. The van der Waals surface area contributed by atoms with Crippen LogP contribution in [0.3, 0.4) is 0 Å². The van der Waals surface area contributed by atoms with E-state index in [1.54, 1.807) is 30.2 Å². The van der Waals surface area contributed by atoms with Crippen LogP contribution in [0, 0.1) is 5.92 Å². The predicted octanol–water partition coefficient (Wildman–Crippen LogP) is 3.85. The summed E-state index contributed by atoms with van der Waals surface area (Å²) in [6.45, 7) is 5.09. The zero-order valence-corrected chi connectivity index (χ0v) is 22.5. The van der Waals surface area contributed by atoms with Crippen LogP contribution in [0.1, 0.15) is 49.0 Å². The first-order valence-electron chi connectivity index (χ1n) is 12.7. The maximum absolute atomic E-state index is 13.2. The number of ether oxygens (including phenoxy) is 2. The Morgan fingerprint density at radius 1 is 1.19 bits per heavy atom. The normalized spacial score (nSPS) is 17.5. The van der Waals surface area contributed by atoms with Gasteiger partial charge >= 0.3 is 0 Å². The predicted molar refractivity (Wildman–Crippen MR) is 143 cm³/mol. The molecule has 0 unspecified atom stereocenters. The number of nitrogens with one attached hydrogen (secondary N) is 2. The summed E-state index contributed by atoms with van der Waals surface area (Å²) in [5, 5.41) is 6.38. The van der Waals surface area contributed by atoms with Gasteiger partial charge in [-0.2, -0.15) is 0 Å². The smallest absolute Gasteiger partial charge is 0.255 e. The van der Waals surface area contributed by atoms with E-state index in [2.05, 4.69) is 24.5 Å². The number of carbonyl (C=O) groups excluding carboxylic acids is 3. The van der Waals surface area contributed by atoms with Crippen molar-refractivity contribution in [1.29, 1.82) is 0 Å². The largest absolute Gasteiger partial charge is 0.497 e. The van der Waals surface area contributed by atoms with Crippen LogP contribution in [0.25, 0.3) is 0 Å². The summed E-state index contributed by atoms with van der Waals surface area (Å²) < 4.78 is 11.3. The van der Waals surface area contributed by atoms with Gasteiger partial charge in [-0.3, -0.25) is 14.4 Å². The van der Waals surface area contributed by atoms with Crippen molar-refractivity contribution in [2.24, 2.45) is 5.92 Å². The molecule has 3 amide bonds. The molecule has 200 valence electrons. The highest BCUT2D eigenvalue weighted by atomic mass is 35.5. The molecule has 0 bridgehead atoms. The Balaban J connectivity index is 1.78. The van der Waals surface area contributed by atoms with Crippen molar-refractivity contribution in [2.45, 2.75) is 45.6 Å². The van der Waals surface area contributed by atoms with Crippen LogP contribution in [-0.2, 0) is 16.0 Å². The minimum Gasteiger partial charge on any atom is -0.497 e. The van der Waals surface area contributed by atoms with Gasteiger partial charge in [0.25, 0.3) is 5.91 Å². The van der Waals surface area contributed by atoms with Crippen LogP contribution < -0.4 is 20.1 Å². The molecule has 0 radical (unpaired) electrons. The Hall–Kier alpha value is -3.26. The standard InChI is InChI=1S/C28H36ClN3O5/c1-19(2)13-22-18-37-25-10-9-21(29)16-24(25)28(35)30-11-4-5-12-32(17-26(33)31-22)27(34)15-20-7-6-8-23(14-20)36-3/h6-10,14,16,19,22H,4-5,11-13,15,17-18H2,1-3H3,(H,30,35)(H,31,33)/t22-/m1/s1. The average molecular weight is 530 g/mol. The van der Waals surface area contributed by atoms with Crippen molar-refractivity contribution in [3.8, 4) is 11.5 Å². The monoisotopic (exact) mass is 529 g/mol. The van der Waals surface area contributed by atoms with E-state index in [0.717, 1.165) is 5.56 Å². The lowest BCUT2D eigenvalue weighted by molar-refractivity contribution is -0.136. The summed E-state index contributed by atoms with van der Waals surface area (Å²) in [6, 6.07) is 12.0. The first kappa shape index (κ1) is 28.3. The summed E-state index contributed by atoms with van der Waals surface area (Å²) in [6.07, 6.45) is 2.11. The molecule has 2 aromatic rings. The highest BCUT2D eigenvalue weighted by Crippen LogP contribution is 2.24. The Morgan fingerprint density at radius 3 is 2.76 bits per heavy atom. The fraction of sp³-hybridized carbons (Fsp3) is 0.464. The summed E-state index contributed by atoms with van der Waals surface area (Å²) in [7, 11) is 1.58. The first-order chi connectivity index (χ1) is 17.7. The quantitative estimate of drug-likeness (QED) is 0.613. The molecule has 2 N–H and O–H groups in total. The van der Waals surface area contributed by atoms with Crippen LogP contribution >= 0.6 is 11.6 Å². The van der Waals surface area contributed by atoms with Crippen molar-refractivity contribution < 1.29 is 23.9 Å². The molecule has 0 saturated carbocycles. The average Bonchev–Trinajstić information content (AvgIpc) is 2.86. The third-order valence-electron chi connectivity index (χ3n) is 6.06. The summed E-state index contributed by atoms with van der Waals surface area (Å²) >= 11 is 6.14. The number of rotatable bonds is 5. The number of hydrogen-bond acceptors (Lipinski definition) is 5. The SMILES string of the molecule is COc1cccc(CC(=O)N2CCCCNC(=O)c3cc(Cl)ccc3OC[C@@H](CC(C)C)NC(=O)C2)c1. The fourth-order valence-electron chi connectivity index (χ4n) is 4.27. The number of methoxy groups -OCH3 is 1. The van der Waals surface area contributed by atoms with Gasteiger partial charge in [0, 0.05) is 18.1 Å². The Kier molecular flexibility index (Phi) is 10.6. The molecule has 1 heterocycles. The van der Waals surface area contributed by atoms with Gasteiger partial charge in [-0.25, -0.2) is 0 Å². The fourth-order valence-corrected chi connectivity index (χ4v) is 4.44. The molecule has 1 aliphatic heterocycles. The van der Waals surface area contributed by atoms with Crippen molar-refractivity contribution >= 4 is 29.3 Å². The molecule has 2 aromatic carbocycles. The van der Waals surface area contributed by atoms with Gasteiger partial charge in [0.1, 0.15) is 18.1 Å². The molecule has 0 aromatic heterocycles. The first-order valence-corrected chi connectivity index (χ1v) is 13.0. The lowest BCUT2D eigenvalue weighted by Gasteiger charge is -2.25. The zero-order chi connectivity index (χ0) is 26.8. The van der Waals surface area contributed by atoms with Gasteiger partial charge in [-0.05, 0) is 61.1 Å². The van der Waals surface area contributed by atoms with Gasteiger partial charge in [-0.1, -0.05) is 37.6 Å². The van der Waals surface area contributed by atoms with Crippen LogP contribution in [0.4, 0.5) is 0 Å². The molecule has 8 nitrogen and oxygen atoms in total. The Bertz CT molecular complexity index is 1090. The van der Waals surface area contributed by atoms with Crippen LogP contribution in [0.2, 0.25) is 5.02 Å². The maximum Gasteiger partial charge on any atom is 0.255 e. The van der Waals surface area contributed by atoms with E-state index >= 15 is 0 Å². The van der Waals surface area contributed by atoms with E-state index in [4.69, 9.17) is 21.1 Å². The van der Waals surface area contributed by atoms with E-state index in [1.807, 2.05) is 24.3 Å². The molecular formula is C28H36ClN3O5. The van der Waals surface area contributed by atoms with Gasteiger partial charge in [-0.15, -0.1) is 0 Å². The van der Waals surface area contributed by atoms with Crippen molar-refractivity contribution in [2.75, 3.05) is 33.4 Å². The van der Waals surface area contributed by atoms with Gasteiger partial charge in [0.05, 0.1) is 31.7 Å². The maximum atomic E-state index is 13.2.